The van der Waals surface area contributed by atoms with Crippen molar-refractivity contribution in [3.63, 3.8) is 0 Å². The van der Waals surface area contributed by atoms with Crippen molar-refractivity contribution in [2.75, 3.05) is 26.7 Å². The van der Waals surface area contributed by atoms with Crippen LogP contribution in [0.5, 0.6) is 0 Å². The van der Waals surface area contributed by atoms with E-state index in [4.69, 9.17) is 5.73 Å². The van der Waals surface area contributed by atoms with E-state index in [9.17, 15) is 4.79 Å². The van der Waals surface area contributed by atoms with Crippen molar-refractivity contribution in [3.8, 4) is 11.8 Å². The fourth-order valence-electron chi connectivity index (χ4n) is 2.24. The van der Waals surface area contributed by atoms with Crippen molar-refractivity contribution in [2.45, 2.75) is 25.8 Å². The summed E-state index contributed by atoms with van der Waals surface area (Å²) in [5.41, 5.74) is 7.81. The molecule has 4 heteroatoms. The van der Waals surface area contributed by atoms with Gasteiger partial charge in [-0.1, -0.05) is 23.5 Å². The number of carbonyl (C=O) groups is 1. The van der Waals surface area contributed by atoms with Crippen LogP contribution in [-0.2, 0) is 0 Å². The maximum Gasteiger partial charge on any atom is 0.252 e. The van der Waals surface area contributed by atoms with E-state index in [2.05, 4.69) is 29.1 Å². The highest BCUT2D eigenvalue weighted by atomic mass is 16.1. The Bertz CT molecular complexity index is 567. The summed E-state index contributed by atoms with van der Waals surface area (Å²) in [7, 11) is 2.11. The molecule has 0 radical (unpaired) electrons. The van der Waals surface area contributed by atoms with Gasteiger partial charge in [-0.05, 0) is 38.9 Å². The molecule has 3 N–H and O–H groups in total. The molecular formula is C17H23N3O. The van der Waals surface area contributed by atoms with Gasteiger partial charge in [0.2, 0.25) is 0 Å². The first-order valence-electron chi connectivity index (χ1n) is 7.40. The van der Waals surface area contributed by atoms with Gasteiger partial charge in [0.05, 0.1) is 12.1 Å². The van der Waals surface area contributed by atoms with E-state index in [0.29, 0.717) is 24.7 Å². The zero-order chi connectivity index (χ0) is 15.2. The average molecular weight is 285 g/mol. The van der Waals surface area contributed by atoms with Gasteiger partial charge in [-0.15, -0.1) is 0 Å². The highest BCUT2D eigenvalue weighted by Crippen LogP contribution is 2.24. The first-order chi connectivity index (χ1) is 10.1. The number of nitrogens with one attached hydrogen (secondary N) is 1. The van der Waals surface area contributed by atoms with Gasteiger partial charge in [-0.3, -0.25) is 4.79 Å². The maximum absolute atomic E-state index is 12.3. The van der Waals surface area contributed by atoms with E-state index in [1.165, 1.54) is 12.8 Å². The number of nitrogens with two attached hydrogens (primary N) is 1. The van der Waals surface area contributed by atoms with Crippen LogP contribution in [0.2, 0.25) is 0 Å². The molecule has 0 saturated heterocycles. The van der Waals surface area contributed by atoms with Crippen molar-refractivity contribution in [2.24, 2.45) is 5.73 Å². The molecule has 4 nitrogen and oxygen atoms in total. The third kappa shape index (κ3) is 4.59. The van der Waals surface area contributed by atoms with Gasteiger partial charge in [-0.2, -0.15) is 0 Å². The normalized spacial score (nSPS) is 13.7. The molecule has 0 aromatic heterocycles. The van der Waals surface area contributed by atoms with E-state index in [-0.39, 0.29) is 5.91 Å². The molecule has 0 atom stereocenters. The number of likely N-dealkylation sites (N-methyl/N-ethyl adjacent to an activating group) is 1. The van der Waals surface area contributed by atoms with Crippen LogP contribution in [0.3, 0.4) is 0 Å². The Morgan fingerprint density at radius 2 is 2.24 bits per heavy atom. The Kier molecular flexibility index (Phi) is 5.38. The van der Waals surface area contributed by atoms with Crippen LogP contribution in [0, 0.1) is 18.8 Å². The summed E-state index contributed by atoms with van der Waals surface area (Å²) in [6.07, 6.45) is 2.56. The summed E-state index contributed by atoms with van der Waals surface area (Å²) >= 11 is 0. The number of amides is 1. The van der Waals surface area contributed by atoms with Gasteiger partial charge >= 0.3 is 0 Å². The Morgan fingerprint density at radius 3 is 2.90 bits per heavy atom. The van der Waals surface area contributed by atoms with E-state index in [0.717, 1.165) is 17.7 Å². The fraction of sp³-hybridized carbons (Fsp3) is 0.471. The minimum absolute atomic E-state index is 0.0655. The molecule has 0 unspecified atom stereocenters. The second kappa shape index (κ2) is 7.26. The van der Waals surface area contributed by atoms with Crippen LogP contribution in [-0.4, -0.2) is 43.5 Å². The SMILES string of the molecule is Cc1ccc(C#CCN)c(C(=O)NCCN(C)C2CC2)c1. The standard InChI is InChI=1S/C17H23N3O/c1-13-5-6-14(4-3-9-18)16(12-13)17(21)19-10-11-20(2)15-7-8-15/h5-6,12,15H,7-11,18H2,1-2H3,(H,19,21). The largest absolute Gasteiger partial charge is 0.351 e. The molecular weight excluding hydrogens is 262 g/mol. The third-order valence-corrected chi connectivity index (χ3v) is 3.67. The van der Waals surface area contributed by atoms with Gasteiger partial charge in [0, 0.05) is 24.7 Å². The second-order valence-corrected chi connectivity index (χ2v) is 5.52. The maximum atomic E-state index is 12.3. The van der Waals surface area contributed by atoms with Crippen molar-refractivity contribution < 1.29 is 4.79 Å². The summed E-state index contributed by atoms with van der Waals surface area (Å²) in [6.45, 7) is 3.80. The van der Waals surface area contributed by atoms with Crippen LogP contribution in [0.1, 0.15) is 34.3 Å². The minimum Gasteiger partial charge on any atom is -0.351 e. The molecule has 0 spiro atoms. The molecule has 0 aliphatic heterocycles. The van der Waals surface area contributed by atoms with Crippen LogP contribution in [0.4, 0.5) is 0 Å². The highest BCUT2D eigenvalue weighted by molar-refractivity contribution is 5.96. The third-order valence-electron chi connectivity index (χ3n) is 3.67. The smallest absolute Gasteiger partial charge is 0.252 e. The molecule has 0 bridgehead atoms. The topological polar surface area (TPSA) is 58.4 Å². The van der Waals surface area contributed by atoms with Gasteiger partial charge in [0.25, 0.3) is 5.91 Å². The number of benzene rings is 1. The van der Waals surface area contributed by atoms with Crippen LogP contribution < -0.4 is 11.1 Å². The number of aryl methyl sites for hydroxylation is 1. The summed E-state index contributed by atoms with van der Waals surface area (Å²) in [6, 6.07) is 6.42. The highest BCUT2D eigenvalue weighted by Gasteiger charge is 2.25. The molecule has 1 aliphatic carbocycles. The van der Waals surface area contributed by atoms with Crippen LogP contribution in [0.15, 0.2) is 18.2 Å². The lowest BCUT2D eigenvalue weighted by molar-refractivity contribution is 0.0949. The Morgan fingerprint density at radius 1 is 1.48 bits per heavy atom. The van der Waals surface area contributed by atoms with E-state index in [1.54, 1.807) is 0 Å². The minimum atomic E-state index is -0.0655. The lowest BCUT2D eigenvalue weighted by atomic mass is 10.0. The average Bonchev–Trinajstić information content (AvgIpc) is 3.30. The number of rotatable bonds is 5. The zero-order valence-corrected chi connectivity index (χ0v) is 12.8. The molecule has 1 fully saturated rings. The molecule has 1 saturated carbocycles. The Hall–Kier alpha value is -1.83. The summed E-state index contributed by atoms with van der Waals surface area (Å²) in [5.74, 6) is 5.70. The van der Waals surface area contributed by atoms with Crippen molar-refractivity contribution >= 4 is 5.91 Å². The zero-order valence-electron chi connectivity index (χ0n) is 12.8. The monoisotopic (exact) mass is 285 g/mol. The summed E-state index contributed by atoms with van der Waals surface area (Å²) in [5, 5.41) is 2.98. The molecule has 1 aromatic carbocycles. The van der Waals surface area contributed by atoms with E-state index in [1.807, 2.05) is 25.1 Å². The Labute approximate surface area is 126 Å². The molecule has 1 aliphatic rings. The predicted octanol–water partition coefficient (Wildman–Crippen LogP) is 1.13. The van der Waals surface area contributed by atoms with Gasteiger partial charge in [0.1, 0.15) is 0 Å². The predicted molar refractivity (Wildman–Crippen MR) is 85.1 cm³/mol. The lowest BCUT2D eigenvalue weighted by Crippen LogP contribution is -2.34. The van der Waals surface area contributed by atoms with Gasteiger partial charge in [-0.25, -0.2) is 0 Å². The number of nitrogens with zero attached hydrogens (tertiary/aromatic N) is 1. The van der Waals surface area contributed by atoms with Crippen molar-refractivity contribution in [1.29, 1.82) is 0 Å². The molecule has 0 heterocycles. The van der Waals surface area contributed by atoms with Crippen LogP contribution in [0.25, 0.3) is 0 Å². The van der Waals surface area contributed by atoms with E-state index < -0.39 is 0 Å². The van der Waals surface area contributed by atoms with Gasteiger partial charge in [0.15, 0.2) is 0 Å². The lowest BCUT2D eigenvalue weighted by Gasteiger charge is -2.16. The molecule has 21 heavy (non-hydrogen) atoms. The quantitative estimate of drug-likeness (QED) is 0.797. The molecule has 2 rings (SSSR count). The summed E-state index contributed by atoms with van der Waals surface area (Å²) in [4.78, 5) is 14.6. The first kappa shape index (κ1) is 15.6. The number of hydrogen-bond acceptors (Lipinski definition) is 3. The molecule has 112 valence electrons. The second-order valence-electron chi connectivity index (χ2n) is 5.52. The molecule has 1 aromatic rings. The fourth-order valence-corrected chi connectivity index (χ4v) is 2.24. The van der Waals surface area contributed by atoms with Gasteiger partial charge < -0.3 is 16.0 Å². The Balaban J connectivity index is 1.98. The van der Waals surface area contributed by atoms with Crippen molar-refractivity contribution in [3.05, 3.63) is 34.9 Å². The number of carbonyl (C=O) groups excluding carboxylic acids is 1. The first-order valence-corrected chi connectivity index (χ1v) is 7.40. The van der Waals surface area contributed by atoms with Crippen LogP contribution >= 0.6 is 0 Å². The van der Waals surface area contributed by atoms with Crippen molar-refractivity contribution in [1.82, 2.24) is 10.2 Å². The van der Waals surface area contributed by atoms with E-state index >= 15 is 0 Å². The molecule has 1 amide bonds. The number of hydrogen-bond donors (Lipinski definition) is 2. The summed E-state index contributed by atoms with van der Waals surface area (Å²) < 4.78 is 0.